The van der Waals surface area contributed by atoms with Crippen LogP contribution in [0.3, 0.4) is 0 Å². The summed E-state index contributed by atoms with van der Waals surface area (Å²) in [5.41, 5.74) is 1.99. The minimum atomic E-state index is -3.51. The minimum absolute atomic E-state index is 0.232. The zero-order valence-electron chi connectivity index (χ0n) is 19.9. The predicted molar refractivity (Wildman–Crippen MR) is 135 cm³/mol. The van der Waals surface area contributed by atoms with Crippen LogP contribution in [0.1, 0.15) is 35.2 Å². The molecule has 0 saturated carbocycles. The van der Waals surface area contributed by atoms with E-state index in [1.165, 1.54) is 27.0 Å². The molecule has 2 saturated heterocycles. The molecule has 1 amide bonds. The van der Waals surface area contributed by atoms with Crippen molar-refractivity contribution in [3.05, 3.63) is 59.7 Å². The third kappa shape index (κ3) is 6.47. The van der Waals surface area contributed by atoms with Gasteiger partial charge in [0.15, 0.2) is 0 Å². The molecular weight excluding hydrogens is 488 g/mol. The highest BCUT2D eigenvalue weighted by atomic mass is 32.2. The molecule has 2 heterocycles. The highest BCUT2D eigenvalue weighted by molar-refractivity contribution is 7.89. The lowest BCUT2D eigenvalue weighted by molar-refractivity contribution is 0.102. The van der Waals surface area contributed by atoms with Crippen molar-refractivity contribution < 1.29 is 21.6 Å². The fourth-order valence-corrected chi connectivity index (χ4v) is 6.80. The van der Waals surface area contributed by atoms with E-state index in [1.54, 1.807) is 18.2 Å². The van der Waals surface area contributed by atoms with E-state index in [0.717, 1.165) is 24.8 Å². The Hall–Kier alpha value is -2.31. The van der Waals surface area contributed by atoms with E-state index in [4.69, 9.17) is 0 Å². The number of benzene rings is 2. The van der Waals surface area contributed by atoms with Gasteiger partial charge in [0.1, 0.15) is 0 Å². The molecule has 2 fully saturated rings. The number of hydrogen-bond acceptors (Lipinski definition) is 6. The summed E-state index contributed by atoms with van der Waals surface area (Å²) in [6.45, 7) is 3.91. The van der Waals surface area contributed by atoms with E-state index in [0.29, 0.717) is 57.1 Å². The maximum absolute atomic E-state index is 12.8. The van der Waals surface area contributed by atoms with Gasteiger partial charge in [-0.3, -0.25) is 9.69 Å². The van der Waals surface area contributed by atoms with Gasteiger partial charge in [0.25, 0.3) is 5.91 Å². The minimum Gasteiger partial charge on any atom is -0.322 e. The van der Waals surface area contributed by atoms with E-state index < -0.39 is 20.0 Å². The number of carbonyl (C=O) groups excluding carboxylic acids is 1. The van der Waals surface area contributed by atoms with Crippen LogP contribution in [0.2, 0.25) is 0 Å². The normalized spacial score (nSPS) is 18.9. The molecule has 190 valence electrons. The monoisotopic (exact) mass is 520 g/mol. The summed E-state index contributed by atoms with van der Waals surface area (Å²) < 4.78 is 52.0. The van der Waals surface area contributed by atoms with Crippen LogP contribution in [0, 0.1) is 0 Å². The molecule has 35 heavy (non-hydrogen) atoms. The highest BCUT2D eigenvalue weighted by Gasteiger charge is 2.26. The van der Waals surface area contributed by atoms with Gasteiger partial charge in [-0.1, -0.05) is 18.6 Å². The number of hydrogen-bond donors (Lipinski definition) is 1. The molecule has 2 aliphatic rings. The lowest BCUT2D eigenvalue weighted by Gasteiger charge is -2.33. The molecule has 0 bridgehead atoms. The second-order valence-corrected chi connectivity index (χ2v) is 13.0. The molecule has 2 aromatic carbocycles. The summed E-state index contributed by atoms with van der Waals surface area (Å²) in [7, 11) is -6.68. The van der Waals surface area contributed by atoms with Crippen LogP contribution >= 0.6 is 0 Å². The first kappa shape index (κ1) is 25.8. The van der Waals surface area contributed by atoms with Crippen molar-refractivity contribution in [1.82, 2.24) is 13.5 Å². The maximum Gasteiger partial charge on any atom is 0.255 e. The third-order valence-corrected chi connectivity index (χ3v) is 9.68. The number of piperazine rings is 1. The molecule has 0 atom stereocenters. The van der Waals surface area contributed by atoms with Crippen LogP contribution in [-0.2, 0) is 26.6 Å². The van der Waals surface area contributed by atoms with Crippen LogP contribution in [0.15, 0.2) is 53.4 Å². The molecule has 0 aromatic heterocycles. The van der Waals surface area contributed by atoms with E-state index in [9.17, 15) is 21.6 Å². The van der Waals surface area contributed by atoms with E-state index in [1.807, 2.05) is 18.2 Å². The second-order valence-electron chi connectivity index (χ2n) is 9.08. The Labute approximate surface area is 207 Å². The Morgan fingerprint density at radius 2 is 1.49 bits per heavy atom. The molecule has 2 aromatic rings. The van der Waals surface area contributed by atoms with Crippen molar-refractivity contribution in [3.8, 4) is 0 Å². The average Bonchev–Trinajstić information content (AvgIpc) is 2.85. The van der Waals surface area contributed by atoms with Crippen LogP contribution in [0.5, 0.6) is 0 Å². The highest BCUT2D eigenvalue weighted by Crippen LogP contribution is 2.22. The summed E-state index contributed by atoms with van der Waals surface area (Å²) in [4.78, 5) is 15.2. The molecule has 0 aliphatic carbocycles. The molecule has 0 radical (unpaired) electrons. The second kappa shape index (κ2) is 10.8. The van der Waals surface area contributed by atoms with Crippen molar-refractivity contribution in [3.63, 3.8) is 0 Å². The summed E-state index contributed by atoms with van der Waals surface area (Å²) in [5, 5.41) is 2.84. The van der Waals surface area contributed by atoms with Crippen molar-refractivity contribution in [2.75, 3.05) is 50.8 Å². The first-order chi connectivity index (χ1) is 16.6. The molecule has 0 spiro atoms. The number of carbonyl (C=O) groups is 1. The number of amides is 1. The summed E-state index contributed by atoms with van der Waals surface area (Å²) in [5.74, 6) is -0.277. The molecular formula is C24H32N4O5S2. The first-order valence-electron chi connectivity index (χ1n) is 11.8. The van der Waals surface area contributed by atoms with Crippen LogP contribution in [0.25, 0.3) is 0 Å². The molecule has 9 nitrogen and oxygen atoms in total. The van der Waals surface area contributed by atoms with Crippen molar-refractivity contribution in [1.29, 1.82) is 0 Å². The number of rotatable bonds is 7. The van der Waals surface area contributed by atoms with Crippen LogP contribution < -0.4 is 5.32 Å². The fourth-order valence-electron chi connectivity index (χ4n) is 4.46. The molecule has 11 heteroatoms. The smallest absolute Gasteiger partial charge is 0.255 e. The van der Waals surface area contributed by atoms with Gasteiger partial charge in [0, 0.05) is 57.1 Å². The van der Waals surface area contributed by atoms with Crippen molar-refractivity contribution in [2.45, 2.75) is 30.7 Å². The largest absolute Gasteiger partial charge is 0.322 e. The lowest BCUT2D eigenvalue weighted by atomic mass is 10.1. The predicted octanol–water partition coefficient (Wildman–Crippen LogP) is 2.19. The summed E-state index contributed by atoms with van der Waals surface area (Å²) in [6, 6.07) is 13.6. The van der Waals surface area contributed by atoms with Gasteiger partial charge in [-0.2, -0.15) is 8.61 Å². The average molecular weight is 521 g/mol. The topological polar surface area (TPSA) is 107 Å². The number of nitrogens with one attached hydrogen (secondary N) is 1. The number of nitrogens with zero attached hydrogens (tertiary/aromatic N) is 3. The van der Waals surface area contributed by atoms with Crippen molar-refractivity contribution >= 4 is 31.6 Å². The molecule has 2 aliphatic heterocycles. The van der Waals surface area contributed by atoms with Crippen molar-refractivity contribution in [2.24, 2.45) is 0 Å². The van der Waals surface area contributed by atoms with Gasteiger partial charge in [-0.15, -0.1) is 0 Å². The summed E-state index contributed by atoms with van der Waals surface area (Å²) >= 11 is 0. The Kier molecular flexibility index (Phi) is 7.92. The van der Waals surface area contributed by atoms with Gasteiger partial charge in [0.05, 0.1) is 11.2 Å². The van der Waals surface area contributed by atoms with E-state index >= 15 is 0 Å². The number of piperidine rings is 1. The summed E-state index contributed by atoms with van der Waals surface area (Å²) in [6.07, 6.45) is 4.04. The number of anilines is 1. The van der Waals surface area contributed by atoms with Gasteiger partial charge in [-0.05, 0) is 54.8 Å². The van der Waals surface area contributed by atoms with E-state index in [2.05, 4.69) is 10.2 Å². The Bertz CT molecular complexity index is 1250. The first-order valence-corrected chi connectivity index (χ1v) is 15.1. The maximum atomic E-state index is 12.8. The SMILES string of the molecule is CS(=O)(=O)N1CCN(Cc2cccc(C(=O)Nc3ccc(S(=O)(=O)N4CCCCC4)cc3)c2)CC1. The standard InChI is InChI=1S/C24H32N4O5S2/c1-34(30,31)27-16-14-26(15-17-27)19-20-6-5-7-21(18-20)24(29)25-22-8-10-23(11-9-22)35(32,33)28-12-3-2-4-13-28/h5-11,18H,2-4,12-17,19H2,1H3,(H,25,29). The lowest BCUT2D eigenvalue weighted by Crippen LogP contribution is -2.47. The van der Waals surface area contributed by atoms with Gasteiger partial charge in [-0.25, -0.2) is 16.8 Å². The molecule has 0 unspecified atom stereocenters. The fraction of sp³-hybridized carbons (Fsp3) is 0.458. The van der Waals surface area contributed by atoms with Gasteiger partial charge < -0.3 is 5.32 Å². The Balaban J connectivity index is 1.36. The quantitative estimate of drug-likeness (QED) is 0.600. The number of sulfonamides is 2. The molecule has 4 rings (SSSR count). The zero-order chi connectivity index (χ0) is 25.1. The van der Waals surface area contributed by atoms with Crippen LogP contribution in [-0.4, -0.2) is 81.8 Å². The van der Waals surface area contributed by atoms with Gasteiger partial charge >= 0.3 is 0 Å². The third-order valence-electron chi connectivity index (χ3n) is 6.46. The van der Waals surface area contributed by atoms with Crippen LogP contribution in [0.4, 0.5) is 5.69 Å². The Morgan fingerprint density at radius 1 is 0.829 bits per heavy atom. The van der Waals surface area contributed by atoms with E-state index in [-0.39, 0.29) is 10.8 Å². The van der Waals surface area contributed by atoms with Gasteiger partial charge in [0.2, 0.25) is 20.0 Å². The molecule has 1 N–H and O–H groups in total. The zero-order valence-corrected chi connectivity index (χ0v) is 21.5. The Morgan fingerprint density at radius 3 is 2.11 bits per heavy atom.